The number of benzene rings is 2. The molecular formula is C17H19NO3S. The van der Waals surface area contributed by atoms with Crippen molar-refractivity contribution in [1.82, 2.24) is 5.32 Å². The average Bonchev–Trinajstić information content (AvgIpc) is 2.58. The van der Waals surface area contributed by atoms with E-state index in [1.807, 2.05) is 54.8 Å². The molecule has 0 aliphatic carbocycles. The van der Waals surface area contributed by atoms with E-state index in [0.29, 0.717) is 30.2 Å². The van der Waals surface area contributed by atoms with E-state index in [-0.39, 0.29) is 5.91 Å². The Bertz CT molecular complexity index is 631. The Hall–Kier alpha value is -2.14. The van der Waals surface area contributed by atoms with Gasteiger partial charge in [-0.1, -0.05) is 24.3 Å². The molecule has 0 fully saturated rings. The van der Waals surface area contributed by atoms with Crippen LogP contribution < -0.4 is 14.8 Å². The molecule has 0 aliphatic heterocycles. The van der Waals surface area contributed by atoms with Crippen LogP contribution in [-0.2, 0) is 0 Å². The maximum absolute atomic E-state index is 12.2. The van der Waals surface area contributed by atoms with Crippen molar-refractivity contribution >= 4 is 17.7 Å². The molecule has 1 N–H and O–H groups in total. The zero-order chi connectivity index (χ0) is 15.8. The summed E-state index contributed by atoms with van der Waals surface area (Å²) >= 11 is 1.56. The number of hydrogen-bond acceptors (Lipinski definition) is 4. The lowest BCUT2D eigenvalue weighted by molar-refractivity contribution is 0.0944. The first-order valence-corrected chi connectivity index (χ1v) is 8.15. The van der Waals surface area contributed by atoms with Gasteiger partial charge in [-0.3, -0.25) is 4.79 Å². The van der Waals surface area contributed by atoms with Gasteiger partial charge in [0.1, 0.15) is 6.61 Å². The monoisotopic (exact) mass is 317 g/mol. The van der Waals surface area contributed by atoms with Gasteiger partial charge in [-0.15, -0.1) is 11.8 Å². The molecule has 0 spiro atoms. The highest BCUT2D eigenvalue weighted by molar-refractivity contribution is 7.98. The first kappa shape index (κ1) is 16.2. The van der Waals surface area contributed by atoms with Crippen molar-refractivity contribution in [3.8, 4) is 11.5 Å². The minimum absolute atomic E-state index is 0.0893. The molecule has 0 saturated heterocycles. The summed E-state index contributed by atoms with van der Waals surface area (Å²) in [6, 6.07) is 15.0. The highest BCUT2D eigenvalue weighted by Gasteiger charge is 2.09. The molecule has 22 heavy (non-hydrogen) atoms. The van der Waals surface area contributed by atoms with Gasteiger partial charge in [0, 0.05) is 4.90 Å². The molecule has 0 saturated carbocycles. The minimum atomic E-state index is -0.0893. The van der Waals surface area contributed by atoms with Crippen LogP contribution in [-0.4, -0.2) is 32.4 Å². The highest BCUT2D eigenvalue weighted by atomic mass is 32.2. The van der Waals surface area contributed by atoms with Crippen LogP contribution in [0.1, 0.15) is 10.4 Å². The summed E-state index contributed by atoms with van der Waals surface area (Å²) in [5, 5.41) is 2.86. The van der Waals surface area contributed by atoms with Crippen molar-refractivity contribution in [1.29, 1.82) is 0 Å². The van der Waals surface area contributed by atoms with Gasteiger partial charge in [0.25, 0.3) is 5.91 Å². The second-order valence-corrected chi connectivity index (χ2v) is 5.30. The Morgan fingerprint density at radius 3 is 2.50 bits per heavy atom. The van der Waals surface area contributed by atoms with E-state index in [1.54, 1.807) is 18.9 Å². The number of para-hydroxylation sites is 2. The van der Waals surface area contributed by atoms with Gasteiger partial charge in [-0.05, 0) is 30.5 Å². The molecule has 0 aliphatic rings. The number of carbonyl (C=O) groups excluding carboxylic acids is 1. The van der Waals surface area contributed by atoms with E-state index >= 15 is 0 Å². The summed E-state index contributed by atoms with van der Waals surface area (Å²) in [7, 11) is 1.60. The molecule has 0 aromatic heterocycles. The minimum Gasteiger partial charge on any atom is -0.493 e. The van der Waals surface area contributed by atoms with Crippen LogP contribution in [0.5, 0.6) is 11.5 Å². The Morgan fingerprint density at radius 1 is 1.09 bits per heavy atom. The molecule has 116 valence electrons. The Balaban J connectivity index is 1.85. The molecule has 0 bridgehead atoms. The molecule has 0 radical (unpaired) electrons. The zero-order valence-electron chi connectivity index (χ0n) is 12.7. The maximum atomic E-state index is 12.2. The number of rotatable bonds is 7. The summed E-state index contributed by atoms with van der Waals surface area (Å²) in [6.07, 6.45) is 1.96. The topological polar surface area (TPSA) is 47.6 Å². The van der Waals surface area contributed by atoms with Gasteiger partial charge < -0.3 is 14.8 Å². The molecule has 2 aromatic carbocycles. The second kappa shape index (κ2) is 8.34. The fourth-order valence-electron chi connectivity index (χ4n) is 1.99. The molecule has 0 atom stereocenters. The number of amides is 1. The smallest absolute Gasteiger partial charge is 0.252 e. The molecule has 0 unspecified atom stereocenters. The predicted octanol–water partition coefficient (Wildman–Crippen LogP) is 3.23. The van der Waals surface area contributed by atoms with E-state index < -0.39 is 0 Å². The average molecular weight is 317 g/mol. The van der Waals surface area contributed by atoms with Crippen molar-refractivity contribution in [2.75, 3.05) is 26.5 Å². The standard InChI is InChI=1S/C17H19NO3S/c1-20-14-8-4-5-9-15(14)21-12-11-18-17(19)13-7-3-6-10-16(13)22-2/h3-10H,11-12H2,1-2H3,(H,18,19). The third-order valence-electron chi connectivity index (χ3n) is 3.07. The van der Waals surface area contributed by atoms with Crippen LogP contribution in [0.15, 0.2) is 53.4 Å². The number of carbonyl (C=O) groups is 1. The molecule has 1 amide bonds. The van der Waals surface area contributed by atoms with E-state index in [0.717, 1.165) is 4.90 Å². The van der Waals surface area contributed by atoms with Crippen LogP contribution in [0.3, 0.4) is 0 Å². The van der Waals surface area contributed by atoms with Crippen molar-refractivity contribution in [2.45, 2.75) is 4.90 Å². The van der Waals surface area contributed by atoms with E-state index in [4.69, 9.17) is 9.47 Å². The fraction of sp³-hybridized carbons (Fsp3) is 0.235. The van der Waals surface area contributed by atoms with Crippen LogP contribution in [0, 0.1) is 0 Å². The summed E-state index contributed by atoms with van der Waals surface area (Å²) in [4.78, 5) is 13.1. The molecule has 2 aromatic rings. The molecule has 5 heteroatoms. The van der Waals surface area contributed by atoms with Gasteiger partial charge >= 0.3 is 0 Å². The summed E-state index contributed by atoms with van der Waals surface area (Å²) < 4.78 is 10.8. The van der Waals surface area contributed by atoms with Crippen LogP contribution in [0.4, 0.5) is 0 Å². The Morgan fingerprint density at radius 2 is 1.77 bits per heavy atom. The van der Waals surface area contributed by atoms with Crippen molar-refractivity contribution in [3.05, 3.63) is 54.1 Å². The lowest BCUT2D eigenvalue weighted by Gasteiger charge is -2.11. The third kappa shape index (κ3) is 4.18. The molecular weight excluding hydrogens is 298 g/mol. The lowest BCUT2D eigenvalue weighted by atomic mass is 10.2. The molecule has 4 nitrogen and oxygen atoms in total. The largest absolute Gasteiger partial charge is 0.493 e. The summed E-state index contributed by atoms with van der Waals surface area (Å²) in [6.45, 7) is 0.813. The highest BCUT2D eigenvalue weighted by Crippen LogP contribution is 2.25. The van der Waals surface area contributed by atoms with Gasteiger partial charge in [0.05, 0.1) is 19.2 Å². The number of thioether (sulfide) groups is 1. The van der Waals surface area contributed by atoms with Crippen LogP contribution >= 0.6 is 11.8 Å². The van der Waals surface area contributed by atoms with Gasteiger partial charge in [-0.2, -0.15) is 0 Å². The SMILES string of the molecule is COc1ccccc1OCCNC(=O)c1ccccc1SC. The first-order chi connectivity index (χ1) is 10.8. The number of methoxy groups -OCH3 is 1. The number of hydrogen-bond donors (Lipinski definition) is 1. The van der Waals surface area contributed by atoms with Crippen molar-refractivity contribution < 1.29 is 14.3 Å². The Labute approximate surface area is 134 Å². The lowest BCUT2D eigenvalue weighted by Crippen LogP contribution is -2.28. The normalized spacial score (nSPS) is 10.1. The second-order valence-electron chi connectivity index (χ2n) is 4.46. The quantitative estimate of drug-likeness (QED) is 0.629. The molecule has 2 rings (SSSR count). The van der Waals surface area contributed by atoms with Gasteiger partial charge in [0.15, 0.2) is 11.5 Å². The van der Waals surface area contributed by atoms with Crippen LogP contribution in [0.2, 0.25) is 0 Å². The van der Waals surface area contributed by atoms with Crippen molar-refractivity contribution in [3.63, 3.8) is 0 Å². The third-order valence-corrected chi connectivity index (χ3v) is 3.86. The number of nitrogens with one attached hydrogen (secondary N) is 1. The fourth-order valence-corrected chi connectivity index (χ4v) is 2.59. The summed E-state index contributed by atoms with van der Waals surface area (Å²) in [5.74, 6) is 1.26. The predicted molar refractivity (Wildman–Crippen MR) is 89.0 cm³/mol. The van der Waals surface area contributed by atoms with E-state index in [2.05, 4.69) is 5.32 Å². The Kier molecular flexibility index (Phi) is 6.15. The van der Waals surface area contributed by atoms with Gasteiger partial charge in [-0.25, -0.2) is 0 Å². The van der Waals surface area contributed by atoms with Crippen LogP contribution in [0.25, 0.3) is 0 Å². The van der Waals surface area contributed by atoms with Crippen molar-refractivity contribution in [2.24, 2.45) is 0 Å². The maximum Gasteiger partial charge on any atom is 0.252 e. The number of ether oxygens (including phenoxy) is 2. The summed E-state index contributed by atoms with van der Waals surface area (Å²) in [5.41, 5.74) is 0.687. The molecule has 0 heterocycles. The zero-order valence-corrected chi connectivity index (χ0v) is 13.5. The van der Waals surface area contributed by atoms with E-state index in [9.17, 15) is 4.79 Å². The van der Waals surface area contributed by atoms with E-state index in [1.165, 1.54) is 0 Å². The first-order valence-electron chi connectivity index (χ1n) is 6.93. The van der Waals surface area contributed by atoms with Gasteiger partial charge in [0.2, 0.25) is 0 Å².